The molecule has 1 atom stereocenters. The fourth-order valence-electron chi connectivity index (χ4n) is 4.72. The number of hydrogen-bond donors (Lipinski definition) is 0. The first kappa shape index (κ1) is 27.0. The summed E-state index contributed by atoms with van der Waals surface area (Å²) in [6, 6.07) is 16.7. The number of thiazole rings is 1. The molecule has 5 rings (SSSR count). The van der Waals surface area contributed by atoms with Crippen molar-refractivity contribution in [1.29, 1.82) is 0 Å². The lowest BCUT2D eigenvalue weighted by Gasteiger charge is -2.25. The van der Waals surface area contributed by atoms with Crippen LogP contribution in [-0.4, -0.2) is 22.6 Å². The molecule has 0 spiro atoms. The van der Waals surface area contributed by atoms with Crippen LogP contribution >= 0.6 is 11.3 Å². The van der Waals surface area contributed by atoms with Crippen molar-refractivity contribution < 1.29 is 18.9 Å². The van der Waals surface area contributed by atoms with E-state index in [9.17, 15) is 19.7 Å². The van der Waals surface area contributed by atoms with Crippen LogP contribution in [-0.2, 0) is 14.9 Å². The summed E-state index contributed by atoms with van der Waals surface area (Å²) in [6.07, 6.45) is 1.58. The highest BCUT2D eigenvalue weighted by atomic mass is 32.1. The Morgan fingerprint density at radius 1 is 1.12 bits per heavy atom. The van der Waals surface area contributed by atoms with Gasteiger partial charge in [0.15, 0.2) is 4.80 Å². The van der Waals surface area contributed by atoms with Gasteiger partial charge < -0.3 is 9.15 Å². The van der Waals surface area contributed by atoms with Crippen molar-refractivity contribution in [2.24, 2.45) is 4.99 Å². The summed E-state index contributed by atoms with van der Waals surface area (Å²) >= 11 is 1.17. The summed E-state index contributed by atoms with van der Waals surface area (Å²) in [5.74, 6) is 0.112. The van der Waals surface area contributed by atoms with Gasteiger partial charge in [0, 0.05) is 12.1 Å². The lowest BCUT2D eigenvalue weighted by Crippen LogP contribution is -2.39. The number of rotatable bonds is 5. The molecule has 1 aliphatic rings. The molecule has 2 aromatic heterocycles. The predicted octanol–water partition coefficient (Wildman–Crippen LogP) is 4.87. The Morgan fingerprint density at radius 3 is 2.48 bits per heavy atom. The molecule has 0 saturated carbocycles. The minimum atomic E-state index is -0.723. The molecule has 3 heterocycles. The summed E-state index contributed by atoms with van der Waals surface area (Å²) in [4.78, 5) is 42.7. The Labute approximate surface area is 233 Å². The third kappa shape index (κ3) is 4.82. The second kappa shape index (κ2) is 10.2. The number of nitro benzene ring substituents is 1. The number of benzene rings is 2. The number of fused-ring (bicyclic) bond motifs is 1. The highest BCUT2D eigenvalue weighted by Crippen LogP contribution is 2.33. The van der Waals surface area contributed by atoms with Crippen LogP contribution in [0.4, 0.5) is 5.69 Å². The Morgan fingerprint density at radius 2 is 1.82 bits per heavy atom. The summed E-state index contributed by atoms with van der Waals surface area (Å²) in [7, 11) is 1.30. The molecule has 4 aromatic rings. The van der Waals surface area contributed by atoms with Gasteiger partial charge in [0.05, 0.1) is 39.4 Å². The second-order valence-corrected chi connectivity index (χ2v) is 11.4. The summed E-state index contributed by atoms with van der Waals surface area (Å²) in [5.41, 5.74) is 2.50. The van der Waals surface area contributed by atoms with E-state index in [0.29, 0.717) is 37.7 Å². The Bertz CT molecular complexity index is 1850. The van der Waals surface area contributed by atoms with E-state index >= 15 is 0 Å². The molecule has 0 bridgehead atoms. The number of nitro groups is 1. The van der Waals surface area contributed by atoms with E-state index in [4.69, 9.17) is 9.15 Å². The molecular formula is C30H27N3O6S. The first-order valence-electron chi connectivity index (χ1n) is 12.5. The lowest BCUT2D eigenvalue weighted by atomic mass is 9.85. The van der Waals surface area contributed by atoms with Gasteiger partial charge >= 0.3 is 5.97 Å². The monoisotopic (exact) mass is 557 g/mol. The molecule has 1 aliphatic heterocycles. The Balaban J connectivity index is 1.63. The van der Waals surface area contributed by atoms with Crippen molar-refractivity contribution >= 4 is 29.1 Å². The number of hydrogen-bond acceptors (Lipinski definition) is 8. The van der Waals surface area contributed by atoms with Gasteiger partial charge in [-0.25, -0.2) is 9.79 Å². The van der Waals surface area contributed by atoms with Gasteiger partial charge in [-0.2, -0.15) is 0 Å². The normalized spacial score (nSPS) is 15.5. The number of nitrogens with zero attached hydrogens (tertiary/aromatic N) is 3. The first-order valence-corrected chi connectivity index (χ1v) is 13.4. The lowest BCUT2D eigenvalue weighted by molar-refractivity contribution is -0.384. The second-order valence-electron chi connectivity index (χ2n) is 10.4. The standard InChI is InChI=1S/C30H27N3O6S/c1-17-25(28(35)38-5)26(18-10-12-19(13-11-18)30(2,3)4)32-27(34)24(40-29(32)31-17)16-20-14-15-23(39-20)21-8-6-7-9-22(21)33(36)37/h6-16,26H,1-5H3/b24-16+/t26-/m1/s1. The molecule has 2 aromatic carbocycles. The number of esters is 1. The largest absolute Gasteiger partial charge is 0.466 e. The van der Waals surface area contributed by atoms with Gasteiger partial charge in [-0.1, -0.05) is 68.5 Å². The number of carbonyl (C=O) groups is 1. The number of allylic oxidation sites excluding steroid dienone is 1. The molecule has 0 amide bonds. The van der Waals surface area contributed by atoms with E-state index in [2.05, 4.69) is 25.8 Å². The highest BCUT2D eigenvalue weighted by molar-refractivity contribution is 7.07. The maximum absolute atomic E-state index is 13.8. The Kier molecular flexibility index (Phi) is 6.89. The first-order chi connectivity index (χ1) is 19.0. The maximum Gasteiger partial charge on any atom is 0.338 e. The number of para-hydroxylation sites is 1. The van der Waals surface area contributed by atoms with Crippen molar-refractivity contribution in [1.82, 2.24) is 4.57 Å². The molecule has 9 nitrogen and oxygen atoms in total. The van der Waals surface area contributed by atoms with Gasteiger partial charge in [0.2, 0.25) is 0 Å². The molecule has 0 radical (unpaired) electrons. The van der Waals surface area contributed by atoms with E-state index in [1.165, 1.54) is 29.1 Å². The molecular weight excluding hydrogens is 530 g/mol. The highest BCUT2D eigenvalue weighted by Gasteiger charge is 2.33. The number of ether oxygens (including phenoxy) is 1. The molecule has 10 heteroatoms. The zero-order valence-corrected chi connectivity index (χ0v) is 23.4. The van der Waals surface area contributed by atoms with E-state index in [1.54, 1.807) is 43.3 Å². The van der Waals surface area contributed by atoms with E-state index in [1.807, 2.05) is 24.3 Å². The van der Waals surface area contributed by atoms with Crippen LogP contribution in [0.15, 0.2) is 86.1 Å². The zero-order chi connectivity index (χ0) is 28.8. The smallest absolute Gasteiger partial charge is 0.338 e. The Hall–Kier alpha value is -4.57. The van der Waals surface area contributed by atoms with Crippen molar-refractivity contribution in [3.63, 3.8) is 0 Å². The predicted molar refractivity (Wildman–Crippen MR) is 152 cm³/mol. The van der Waals surface area contributed by atoms with E-state index in [-0.39, 0.29) is 16.7 Å². The van der Waals surface area contributed by atoms with Crippen molar-refractivity contribution in [3.05, 3.63) is 119 Å². The quantitative estimate of drug-likeness (QED) is 0.196. The average molecular weight is 558 g/mol. The van der Waals surface area contributed by atoms with Crippen LogP contribution in [0.2, 0.25) is 0 Å². The number of methoxy groups -OCH3 is 1. The van der Waals surface area contributed by atoms with Crippen LogP contribution in [0.25, 0.3) is 17.4 Å². The minimum Gasteiger partial charge on any atom is -0.466 e. The molecule has 0 fully saturated rings. The molecule has 0 aliphatic carbocycles. The third-order valence-corrected chi connectivity index (χ3v) is 7.77. The number of aromatic nitrogens is 1. The summed E-state index contributed by atoms with van der Waals surface area (Å²) in [6.45, 7) is 8.08. The SMILES string of the molecule is COC(=O)C1=C(C)N=c2s/c(=C/c3ccc(-c4ccccc4[N+](=O)[O-])o3)c(=O)n2[C@@H]1c1ccc(C(C)(C)C)cc1. The van der Waals surface area contributed by atoms with Gasteiger partial charge in [-0.15, -0.1) is 0 Å². The van der Waals surface area contributed by atoms with Crippen LogP contribution in [0, 0.1) is 10.1 Å². The van der Waals surface area contributed by atoms with Gasteiger partial charge in [-0.05, 0) is 41.7 Å². The minimum absolute atomic E-state index is 0.0635. The fourth-order valence-corrected chi connectivity index (χ4v) is 5.75. The summed E-state index contributed by atoms with van der Waals surface area (Å²) in [5, 5.41) is 11.5. The average Bonchev–Trinajstić information content (AvgIpc) is 3.51. The van der Waals surface area contributed by atoms with E-state index < -0.39 is 16.9 Å². The zero-order valence-electron chi connectivity index (χ0n) is 22.6. The molecule has 0 unspecified atom stereocenters. The summed E-state index contributed by atoms with van der Waals surface area (Å²) < 4.78 is 12.8. The number of carbonyl (C=O) groups excluding carboxylic acids is 1. The molecule has 0 N–H and O–H groups in total. The van der Waals surface area contributed by atoms with Crippen LogP contribution in [0.1, 0.15) is 50.6 Å². The van der Waals surface area contributed by atoms with Gasteiger partial charge in [-0.3, -0.25) is 19.5 Å². The molecule has 0 saturated heterocycles. The van der Waals surface area contributed by atoms with Crippen LogP contribution in [0.5, 0.6) is 0 Å². The van der Waals surface area contributed by atoms with Crippen LogP contribution in [0.3, 0.4) is 0 Å². The topological polar surface area (TPSA) is 117 Å². The third-order valence-electron chi connectivity index (χ3n) is 6.79. The van der Waals surface area contributed by atoms with Crippen molar-refractivity contribution in [2.75, 3.05) is 7.11 Å². The van der Waals surface area contributed by atoms with Gasteiger partial charge in [0.1, 0.15) is 11.5 Å². The van der Waals surface area contributed by atoms with Crippen LogP contribution < -0.4 is 14.9 Å². The van der Waals surface area contributed by atoms with Crippen molar-refractivity contribution in [3.8, 4) is 11.3 Å². The van der Waals surface area contributed by atoms with E-state index in [0.717, 1.165) is 11.1 Å². The number of furan rings is 1. The van der Waals surface area contributed by atoms with Gasteiger partial charge in [0.25, 0.3) is 11.2 Å². The van der Waals surface area contributed by atoms with Crippen molar-refractivity contribution in [2.45, 2.75) is 39.2 Å². The maximum atomic E-state index is 13.8. The molecule has 204 valence electrons. The fraction of sp³-hybridized carbons (Fsp3) is 0.233. The molecule has 40 heavy (non-hydrogen) atoms.